The normalized spacial score (nSPS) is 20.5. The lowest BCUT2D eigenvalue weighted by atomic mass is 9.87. The molecule has 2 N–H and O–H groups in total. The smallest absolute Gasteiger partial charge is 0.230 e. The first kappa shape index (κ1) is 16.4. The van der Waals surface area contributed by atoms with Gasteiger partial charge in [0.2, 0.25) is 5.95 Å². The molecule has 6 nitrogen and oxygen atoms in total. The number of thiophene rings is 1. The number of carbonyl (C=O) groups is 1. The van der Waals surface area contributed by atoms with Crippen molar-refractivity contribution < 1.29 is 4.79 Å². The number of carbonyl (C=O) groups excluding carboxylic acids is 1. The first-order chi connectivity index (χ1) is 12.2. The molecule has 3 aromatic heterocycles. The van der Waals surface area contributed by atoms with E-state index in [1.165, 1.54) is 37.2 Å². The van der Waals surface area contributed by atoms with Crippen LogP contribution in [0.5, 0.6) is 0 Å². The van der Waals surface area contributed by atoms with Gasteiger partial charge in [0.15, 0.2) is 6.29 Å². The van der Waals surface area contributed by atoms with Crippen molar-refractivity contribution in [2.45, 2.75) is 38.6 Å². The molecule has 0 amide bonds. The lowest BCUT2D eigenvalue weighted by molar-refractivity contribution is 0.112. The van der Waals surface area contributed by atoms with Crippen molar-refractivity contribution in [3.8, 4) is 0 Å². The zero-order valence-corrected chi connectivity index (χ0v) is 15.5. The number of aldehydes is 1. The molecule has 0 atom stereocenters. The van der Waals surface area contributed by atoms with Gasteiger partial charge in [-0.2, -0.15) is 9.36 Å². The van der Waals surface area contributed by atoms with Gasteiger partial charge in [-0.05, 0) is 54.6 Å². The fraction of sp³-hybridized carbons (Fsp3) is 0.412. The lowest BCUT2D eigenvalue weighted by Crippen LogP contribution is -2.25. The minimum atomic E-state index is 0.416. The van der Waals surface area contributed by atoms with Crippen LogP contribution in [-0.4, -0.2) is 26.7 Å². The third-order valence-corrected chi connectivity index (χ3v) is 6.17. The molecule has 3 heterocycles. The fourth-order valence-electron chi connectivity index (χ4n) is 3.13. The van der Waals surface area contributed by atoms with Crippen molar-refractivity contribution >= 4 is 56.1 Å². The van der Waals surface area contributed by atoms with Gasteiger partial charge in [0.25, 0.3) is 0 Å². The van der Waals surface area contributed by atoms with E-state index < -0.39 is 0 Å². The highest BCUT2D eigenvalue weighted by Crippen LogP contribution is 2.32. The standard InChI is InChI=1S/C17H19N5OS2/c1-10-2-4-11(5-3-10)18-16-15-13(6-7-24-15)19-17(21-16)20-14-8-12(9-23)22-25-14/h6-11H,2-5H2,1H3,(H2,18,19,20,21). The molecule has 1 saturated carbocycles. The zero-order valence-electron chi connectivity index (χ0n) is 13.9. The second kappa shape index (κ2) is 7.05. The maximum Gasteiger partial charge on any atom is 0.230 e. The van der Waals surface area contributed by atoms with Crippen LogP contribution in [0.15, 0.2) is 17.5 Å². The van der Waals surface area contributed by atoms with Gasteiger partial charge < -0.3 is 10.6 Å². The van der Waals surface area contributed by atoms with Crippen LogP contribution >= 0.6 is 22.9 Å². The van der Waals surface area contributed by atoms with Gasteiger partial charge in [-0.25, -0.2) is 4.98 Å². The van der Waals surface area contributed by atoms with Crippen LogP contribution < -0.4 is 10.6 Å². The van der Waals surface area contributed by atoms with E-state index in [9.17, 15) is 4.79 Å². The van der Waals surface area contributed by atoms with Gasteiger partial charge in [0.05, 0.1) is 10.2 Å². The molecule has 0 aliphatic heterocycles. The summed E-state index contributed by atoms with van der Waals surface area (Å²) in [6, 6.07) is 4.17. The Morgan fingerprint density at radius 3 is 2.84 bits per heavy atom. The second-order valence-electron chi connectivity index (χ2n) is 6.49. The maximum absolute atomic E-state index is 10.8. The Morgan fingerprint density at radius 2 is 2.08 bits per heavy atom. The van der Waals surface area contributed by atoms with Crippen molar-refractivity contribution in [3.05, 3.63) is 23.2 Å². The SMILES string of the molecule is CC1CCC(Nc2nc(Nc3cc(C=O)ns3)nc3ccsc23)CC1. The summed E-state index contributed by atoms with van der Waals surface area (Å²) < 4.78 is 5.13. The number of anilines is 3. The molecule has 0 unspecified atom stereocenters. The summed E-state index contributed by atoms with van der Waals surface area (Å²) in [7, 11) is 0. The fourth-order valence-corrected chi connectivity index (χ4v) is 4.52. The summed E-state index contributed by atoms with van der Waals surface area (Å²) in [5.74, 6) is 2.24. The van der Waals surface area contributed by atoms with Crippen LogP contribution in [0, 0.1) is 5.92 Å². The van der Waals surface area contributed by atoms with Gasteiger partial charge in [0, 0.05) is 12.1 Å². The molecule has 0 bridgehead atoms. The number of hydrogen-bond acceptors (Lipinski definition) is 8. The maximum atomic E-state index is 10.8. The molecule has 3 aromatic rings. The molecule has 1 aliphatic carbocycles. The van der Waals surface area contributed by atoms with Gasteiger partial charge >= 0.3 is 0 Å². The Morgan fingerprint density at radius 1 is 1.24 bits per heavy atom. The summed E-state index contributed by atoms with van der Waals surface area (Å²) in [5.41, 5.74) is 1.34. The highest BCUT2D eigenvalue weighted by molar-refractivity contribution is 7.17. The minimum absolute atomic E-state index is 0.416. The number of fused-ring (bicyclic) bond motifs is 1. The Bertz CT molecular complexity index is 882. The summed E-state index contributed by atoms with van der Waals surface area (Å²) in [6.07, 6.45) is 5.62. The predicted octanol–water partition coefficient (Wildman–Crippen LogP) is 4.69. The monoisotopic (exact) mass is 373 g/mol. The topological polar surface area (TPSA) is 79.8 Å². The summed E-state index contributed by atoms with van der Waals surface area (Å²) >= 11 is 2.88. The first-order valence-electron chi connectivity index (χ1n) is 8.42. The van der Waals surface area contributed by atoms with Crippen LogP contribution in [0.1, 0.15) is 43.1 Å². The van der Waals surface area contributed by atoms with Crippen molar-refractivity contribution in [1.29, 1.82) is 0 Å². The highest BCUT2D eigenvalue weighted by atomic mass is 32.1. The van der Waals surface area contributed by atoms with E-state index in [1.807, 2.05) is 11.4 Å². The number of hydrogen-bond donors (Lipinski definition) is 2. The largest absolute Gasteiger partial charge is 0.366 e. The van der Waals surface area contributed by atoms with Crippen LogP contribution in [0.2, 0.25) is 0 Å². The van der Waals surface area contributed by atoms with Crippen molar-refractivity contribution in [2.75, 3.05) is 10.6 Å². The molecule has 0 saturated heterocycles. The van der Waals surface area contributed by atoms with Gasteiger partial charge in [-0.1, -0.05) is 6.92 Å². The second-order valence-corrected chi connectivity index (χ2v) is 8.21. The quantitative estimate of drug-likeness (QED) is 0.631. The Balaban J connectivity index is 1.59. The van der Waals surface area contributed by atoms with Crippen LogP contribution in [-0.2, 0) is 0 Å². The summed E-state index contributed by atoms with van der Waals surface area (Å²) in [4.78, 5) is 20.0. The molecular formula is C17H19N5OS2. The molecule has 130 valence electrons. The van der Waals surface area contributed by atoms with Gasteiger partial charge in [-0.3, -0.25) is 4.79 Å². The van der Waals surface area contributed by atoms with Crippen LogP contribution in [0.4, 0.5) is 16.8 Å². The Kier molecular flexibility index (Phi) is 4.63. The molecule has 4 rings (SSSR count). The van der Waals surface area contributed by atoms with E-state index in [1.54, 1.807) is 17.4 Å². The highest BCUT2D eigenvalue weighted by Gasteiger charge is 2.20. The van der Waals surface area contributed by atoms with Crippen LogP contribution in [0.25, 0.3) is 10.2 Å². The van der Waals surface area contributed by atoms with Crippen molar-refractivity contribution in [2.24, 2.45) is 5.92 Å². The third kappa shape index (κ3) is 3.64. The molecule has 1 fully saturated rings. The van der Waals surface area contributed by atoms with E-state index in [-0.39, 0.29) is 0 Å². The van der Waals surface area contributed by atoms with E-state index in [2.05, 4.69) is 31.9 Å². The summed E-state index contributed by atoms with van der Waals surface area (Å²) in [6.45, 7) is 2.32. The van der Waals surface area contributed by atoms with E-state index in [0.717, 1.165) is 33.2 Å². The van der Waals surface area contributed by atoms with E-state index in [0.29, 0.717) is 17.7 Å². The molecular weight excluding hydrogens is 354 g/mol. The third-order valence-electron chi connectivity index (χ3n) is 4.54. The average molecular weight is 374 g/mol. The van der Waals surface area contributed by atoms with E-state index >= 15 is 0 Å². The van der Waals surface area contributed by atoms with Crippen molar-refractivity contribution in [3.63, 3.8) is 0 Å². The average Bonchev–Trinajstić information content (AvgIpc) is 3.26. The Hall–Kier alpha value is -2.06. The molecule has 0 radical (unpaired) electrons. The molecule has 0 spiro atoms. The molecule has 8 heteroatoms. The first-order valence-corrected chi connectivity index (χ1v) is 10.1. The Labute approximate surface area is 153 Å². The van der Waals surface area contributed by atoms with Crippen LogP contribution in [0.3, 0.4) is 0 Å². The van der Waals surface area contributed by atoms with Gasteiger partial charge in [-0.15, -0.1) is 11.3 Å². The number of rotatable bonds is 5. The zero-order chi connectivity index (χ0) is 17.2. The molecule has 1 aliphatic rings. The minimum Gasteiger partial charge on any atom is -0.366 e. The van der Waals surface area contributed by atoms with Crippen molar-refractivity contribution in [1.82, 2.24) is 14.3 Å². The number of aromatic nitrogens is 3. The lowest BCUT2D eigenvalue weighted by Gasteiger charge is -2.27. The van der Waals surface area contributed by atoms with Gasteiger partial charge in [0.1, 0.15) is 16.5 Å². The van der Waals surface area contributed by atoms with E-state index in [4.69, 9.17) is 0 Å². The molecule has 25 heavy (non-hydrogen) atoms. The number of nitrogens with zero attached hydrogens (tertiary/aromatic N) is 3. The molecule has 0 aromatic carbocycles. The predicted molar refractivity (Wildman–Crippen MR) is 103 cm³/mol. The summed E-state index contributed by atoms with van der Waals surface area (Å²) in [5, 5.41) is 9.58. The number of nitrogens with one attached hydrogen (secondary N) is 2.